The Morgan fingerprint density at radius 1 is 1.08 bits per heavy atom. The molecule has 11 nitrogen and oxygen atoms in total. The van der Waals surface area contributed by atoms with Gasteiger partial charge in [-0.2, -0.15) is 0 Å². The predicted molar refractivity (Wildman–Crippen MR) is 130 cm³/mol. The van der Waals surface area contributed by atoms with E-state index in [1.807, 2.05) is 25.1 Å². The standard InChI is InChI=1S/C24H22FN7O4S/c1-12-27-16-7-6-15(8-19(16)37-12)31-11-26-29-24(31)23-22(35)20(21(34)18(10-33)36-23)32-9-17(28-30-32)13-2-4-14(25)5-3-13/h2-9,11,18,20-23,33-35H,10H2,1H3/t18-,20+,21+,22-,23-/m1/s1. The summed E-state index contributed by atoms with van der Waals surface area (Å²) in [6.07, 6.45) is -1.65. The molecule has 0 amide bonds. The van der Waals surface area contributed by atoms with E-state index in [2.05, 4.69) is 25.5 Å². The summed E-state index contributed by atoms with van der Waals surface area (Å²) >= 11 is 1.56. The molecule has 5 atom stereocenters. The topological polar surface area (TPSA) is 144 Å². The van der Waals surface area contributed by atoms with Crippen LogP contribution in [0, 0.1) is 12.7 Å². The van der Waals surface area contributed by atoms with E-state index in [0.717, 1.165) is 20.9 Å². The smallest absolute Gasteiger partial charge is 0.169 e. The van der Waals surface area contributed by atoms with Crippen LogP contribution in [0.1, 0.15) is 23.0 Å². The Kier molecular flexibility index (Phi) is 6.01. The van der Waals surface area contributed by atoms with Crippen molar-refractivity contribution in [1.82, 2.24) is 34.7 Å². The molecule has 4 heterocycles. The monoisotopic (exact) mass is 523 g/mol. The van der Waals surface area contributed by atoms with Gasteiger partial charge in [-0.1, -0.05) is 5.21 Å². The fourth-order valence-electron chi connectivity index (χ4n) is 4.62. The van der Waals surface area contributed by atoms with E-state index in [1.54, 1.807) is 34.2 Å². The number of hydrogen-bond donors (Lipinski definition) is 3. The lowest BCUT2D eigenvalue weighted by Crippen LogP contribution is -2.53. The molecular formula is C24H22FN7O4S. The SMILES string of the molecule is Cc1nc2ccc(-n3cnnc3[C@@H]3O[C@H](CO)[C@H](O)[C@H](n4cc(-c5ccc(F)cc5)nn4)[C@H]3O)cc2s1. The molecule has 190 valence electrons. The summed E-state index contributed by atoms with van der Waals surface area (Å²) in [4.78, 5) is 4.48. The number of aromatic nitrogens is 7. The lowest BCUT2D eigenvalue weighted by atomic mass is 9.92. The molecule has 37 heavy (non-hydrogen) atoms. The molecule has 0 unspecified atom stereocenters. The van der Waals surface area contributed by atoms with Crippen LogP contribution >= 0.6 is 11.3 Å². The van der Waals surface area contributed by atoms with Crippen molar-refractivity contribution in [2.24, 2.45) is 0 Å². The zero-order valence-corrected chi connectivity index (χ0v) is 20.3. The van der Waals surface area contributed by atoms with Gasteiger partial charge in [-0.15, -0.1) is 26.6 Å². The highest BCUT2D eigenvalue weighted by Gasteiger charge is 2.48. The average molecular weight is 524 g/mol. The molecule has 6 rings (SSSR count). The zero-order valence-electron chi connectivity index (χ0n) is 19.5. The predicted octanol–water partition coefficient (Wildman–Crippen LogP) is 1.98. The van der Waals surface area contributed by atoms with Crippen molar-refractivity contribution in [1.29, 1.82) is 0 Å². The molecule has 3 aromatic heterocycles. The van der Waals surface area contributed by atoms with Crippen molar-refractivity contribution in [2.45, 2.75) is 37.4 Å². The van der Waals surface area contributed by atoms with Gasteiger partial charge >= 0.3 is 0 Å². The number of fused-ring (bicyclic) bond motifs is 1. The van der Waals surface area contributed by atoms with Gasteiger partial charge in [0, 0.05) is 11.3 Å². The number of halogens is 1. The first kappa shape index (κ1) is 23.8. The van der Waals surface area contributed by atoms with Crippen molar-refractivity contribution in [3.63, 3.8) is 0 Å². The molecule has 0 spiro atoms. The van der Waals surface area contributed by atoms with Gasteiger partial charge in [0.2, 0.25) is 0 Å². The van der Waals surface area contributed by atoms with Crippen LogP contribution in [0.2, 0.25) is 0 Å². The maximum absolute atomic E-state index is 13.3. The zero-order chi connectivity index (χ0) is 25.7. The number of hydrogen-bond acceptors (Lipinski definition) is 10. The van der Waals surface area contributed by atoms with Crippen molar-refractivity contribution in [3.8, 4) is 16.9 Å². The van der Waals surface area contributed by atoms with E-state index in [0.29, 0.717) is 17.1 Å². The van der Waals surface area contributed by atoms with Gasteiger partial charge in [-0.25, -0.2) is 14.1 Å². The lowest BCUT2D eigenvalue weighted by molar-refractivity contribution is -0.210. The number of thiazole rings is 1. The lowest BCUT2D eigenvalue weighted by Gasteiger charge is -2.41. The highest BCUT2D eigenvalue weighted by molar-refractivity contribution is 7.18. The van der Waals surface area contributed by atoms with Crippen LogP contribution < -0.4 is 0 Å². The van der Waals surface area contributed by atoms with Gasteiger partial charge in [0.25, 0.3) is 0 Å². The number of benzene rings is 2. The van der Waals surface area contributed by atoms with Gasteiger partial charge in [0.05, 0.1) is 28.0 Å². The third kappa shape index (κ3) is 4.20. The maximum atomic E-state index is 13.3. The Morgan fingerprint density at radius 3 is 2.68 bits per heavy atom. The number of nitrogens with zero attached hydrogens (tertiary/aromatic N) is 7. The van der Waals surface area contributed by atoms with E-state index in [4.69, 9.17) is 4.74 Å². The Labute approximate surface area is 213 Å². The van der Waals surface area contributed by atoms with E-state index in [-0.39, 0.29) is 5.82 Å². The van der Waals surface area contributed by atoms with Crippen molar-refractivity contribution in [2.75, 3.05) is 6.61 Å². The quantitative estimate of drug-likeness (QED) is 0.315. The summed E-state index contributed by atoms with van der Waals surface area (Å²) in [6.45, 7) is 1.44. The second-order valence-corrected chi connectivity index (χ2v) is 10.0. The normalized spacial score (nSPS) is 24.1. The third-order valence-electron chi connectivity index (χ3n) is 6.43. The summed E-state index contributed by atoms with van der Waals surface area (Å²) < 4.78 is 23.3. The van der Waals surface area contributed by atoms with Crippen molar-refractivity contribution >= 4 is 21.6 Å². The van der Waals surface area contributed by atoms with E-state index < -0.39 is 37.1 Å². The molecule has 13 heteroatoms. The van der Waals surface area contributed by atoms with Crippen LogP contribution in [-0.2, 0) is 4.74 Å². The van der Waals surface area contributed by atoms with Gasteiger partial charge in [0.1, 0.15) is 48.3 Å². The fourth-order valence-corrected chi connectivity index (χ4v) is 5.48. The average Bonchev–Trinajstić information content (AvgIpc) is 3.64. The largest absolute Gasteiger partial charge is 0.394 e. The first-order valence-electron chi connectivity index (χ1n) is 11.5. The number of aliphatic hydroxyl groups is 3. The van der Waals surface area contributed by atoms with Crippen LogP contribution in [-0.4, -0.2) is 75.0 Å². The number of rotatable bonds is 5. The molecule has 0 radical (unpaired) electrons. The summed E-state index contributed by atoms with van der Waals surface area (Å²) in [6, 6.07) is 10.4. The van der Waals surface area contributed by atoms with Gasteiger partial charge in [0.15, 0.2) is 5.82 Å². The fraction of sp³-hybridized carbons (Fsp3) is 0.292. The third-order valence-corrected chi connectivity index (χ3v) is 7.37. The number of aliphatic hydroxyl groups excluding tert-OH is 3. The minimum atomic E-state index is -1.32. The molecule has 0 aliphatic carbocycles. The van der Waals surface area contributed by atoms with Crippen LogP contribution in [0.15, 0.2) is 55.0 Å². The summed E-state index contributed by atoms with van der Waals surface area (Å²) in [5.41, 5.74) is 2.67. The van der Waals surface area contributed by atoms with Crippen LogP contribution in [0.4, 0.5) is 4.39 Å². The minimum Gasteiger partial charge on any atom is -0.394 e. The van der Waals surface area contributed by atoms with Gasteiger partial charge in [-0.3, -0.25) is 4.57 Å². The van der Waals surface area contributed by atoms with Crippen LogP contribution in [0.25, 0.3) is 27.2 Å². The van der Waals surface area contributed by atoms with Crippen molar-refractivity contribution < 1.29 is 24.4 Å². The summed E-state index contributed by atoms with van der Waals surface area (Å²) in [5.74, 6) is -0.0870. The molecule has 1 fully saturated rings. The Morgan fingerprint density at radius 2 is 1.89 bits per heavy atom. The first-order chi connectivity index (χ1) is 17.9. The maximum Gasteiger partial charge on any atom is 0.169 e. The summed E-state index contributed by atoms with van der Waals surface area (Å²) in [7, 11) is 0. The highest BCUT2D eigenvalue weighted by Crippen LogP contribution is 2.38. The second kappa shape index (κ2) is 9.36. The Hall–Kier alpha value is -3.62. The van der Waals surface area contributed by atoms with Gasteiger partial charge < -0.3 is 20.1 Å². The Balaban J connectivity index is 1.36. The van der Waals surface area contributed by atoms with E-state index >= 15 is 0 Å². The molecule has 1 saturated heterocycles. The molecule has 1 aliphatic rings. The molecule has 5 aromatic rings. The van der Waals surface area contributed by atoms with E-state index in [1.165, 1.54) is 23.1 Å². The minimum absolute atomic E-state index is 0.294. The second-order valence-electron chi connectivity index (χ2n) is 8.78. The molecule has 3 N–H and O–H groups in total. The number of ether oxygens (including phenoxy) is 1. The Bertz CT molecular complexity index is 1550. The van der Waals surface area contributed by atoms with Crippen LogP contribution in [0.3, 0.4) is 0 Å². The molecule has 0 saturated carbocycles. The van der Waals surface area contributed by atoms with E-state index in [9.17, 15) is 19.7 Å². The first-order valence-corrected chi connectivity index (χ1v) is 12.3. The molecular weight excluding hydrogens is 501 g/mol. The number of aryl methyl sites for hydroxylation is 1. The molecule has 1 aliphatic heterocycles. The molecule has 0 bridgehead atoms. The van der Waals surface area contributed by atoms with Crippen molar-refractivity contribution in [3.05, 3.63) is 71.6 Å². The van der Waals surface area contributed by atoms with Gasteiger partial charge in [-0.05, 0) is 49.4 Å². The highest BCUT2D eigenvalue weighted by atomic mass is 32.1. The molecule has 2 aromatic carbocycles. The summed E-state index contributed by atoms with van der Waals surface area (Å²) in [5, 5.41) is 49.7. The van der Waals surface area contributed by atoms with Crippen LogP contribution in [0.5, 0.6) is 0 Å².